The number of methoxy groups -OCH3 is 1. The number of benzene rings is 2. The molecular weight excluding hydrogens is 385 g/mol. The lowest BCUT2D eigenvalue weighted by Gasteiger charge is -2.12. The monoisotopic (exact) mass is 401 g/mol. The number of aryl methyl sites for hydroxylation is 1. The minimum Gasteiger partial charge on any atom is -0.494 e. The fraction of sp³-hybridized carbons (Fsp3) is 0.263. The van der Waals surface area contributed by atoms with Gasteiger partial charge in [-0.25, -0.2) is 4.39 Å². The van der Waals surface area contributed by atoms with Crippen molar-refractivity contribution in [3.8, 4) is 11.4 Å². The number of nitrogens with zero attached hydrogens (tertiary/aromatic N) is 4. The number of hydrogen-bond donors (Lipinski definition) is 1. The average Bonchev–Trinajstić information content (AvgIpc) is 3.34. The summed E-state index contributed by atoms with van der Waals surface area (Å²) in [5.41, 5.74) is 1.58. The molecule has 0 saturated heterocycles. The maximum absolute atomic E-state index is 14.1. The summed E-state index contributed by atoms with van der Waals surface area (Å²) in [4.78, 5) is 12.6. The van der Waals surface area contributed by atoms with Crippen molar-refractivity contribution in [1.82, 2.24) is 20.2 Å². The van der Waals surface area contributed by atoms with E-state index in [1.54, 1.807) is 44.4 Å². The van der Waals surface area contributed by atoms with Crippen LogP contribution in [0.3, 0.4) is 0 Å². The van der Waals surface area contributed by atoms with Gasteiger partial charge in [0.25, 0.3) is 0 Å². The molecule has 9 heteroatoms. The third-order valence-electron chi connectivity index (χ3n) is 4.80. The van der Waals surface area contributed by atoms with Crippen LogP contribution >= 0.6 is 11.6 Å². The molecule has 0 bridgehead atoms. The third kappa shape index (κ3) is 3.31. The predicted molar refractivity (Wildman–Crippen MR) is 101 cm³/mol. The fourth-order valence-electron chi connectivity index (χ4n) is 3.29. The molecule has 1 heterocycles. The van der Waals surface area contributed by atoms with E-state index in [2.05, 4.69) is 20.8 Å². The molecule has 2 aromatic carbocycles. The Bertz CT molecular complexity index is 1030. The quantitative estimate of drug-likeness (QED) is 0.707. The molecule has 144 valence electrons. The fourth-order valence-corrected chi connectivity index (χ4v) is 3.59. The number of anilines is 1. The second kappa shape index (κ2) is 7.20. The average molecular weight is 402 g/mol. The van der Waals surface area contributed by atoms with E-state index in [-0.39, 0.29) is 23.6 Å². The number of carbonyl (C=O) groups is 1. The molecule has 0 radical (unpaired) electrons. The van der Waals surface area contributed by atoms with Gasteiger partial charge in [0.15, 0.2) is 5.82 Å². The number of rotatable bonds is 5. The zero-order chi connectivity index (χ0) is 19.8. The molecule has 4 rings (SSSR count). The summed E-state index contributed by atoms with van der Waals surface area (Å²) < 4.78 is 21.0. The third-order valence-corrected chi connectivity index (χ3v) is 5.13. The van der Waals surface area contributed by atoms with Crippen LogP contribution < -0.4 is 10.1 Å². The topological polar surface area (TPSA) is 81.9 Å². The second-order valence-corrected chi connectivity index (χ2v) is 7.01. The lowest BCUT2D eigenvalue weighted by atomic mass is 10.1. The maximum Gasteiger partial charge on any atom is 0.228 e. The molecule has 3 aromatic rings. The van der Waals surface area contributed by atoms with Crippen molar-refractivity contribution in [2.45, 2.75) is 19.3 Å². The van der Waals surface area contributed by atoms with E-state index in [4.69, 9.17) is 16.3 Å². The highest BCUT2D eigenvalue weighted by molar-refractivity contribution is 6.31. The summed E-state index contributed by atoms with van der Waals surface area (Å²) in [6.07, 6.45) is 0.557. The van der Waals surface area contributed by atoms with E-state index in [0.717, 1.165) is 0 Å². The highest BCUT2D eigenvalue weighted by Gasteiger charge is 2.46. The Labute approximate surface area is 165 Å². The van der Waals surface area contributed by atoms with Crippen LogP contribution in [-0.4, -0.2) is 33.2 Å². The Kier molecular flexibility index (Phi) is 4.72. The number of halogens is 2. The first-order valence-corrected chi connectivity index (χ1v) is 9.05. The summed E-state index contributed by atoms with van der Waals surface area (Å²) in [6, 6.07) is 9.74. The minimum absolute atomic E-state index is 0.186. The van der Waals surface area contributed by atoms with Crippen molar-refractivity contribution in [2.75, 3.05) is 12.4 Å². The summed E-state index contributed by atoms with van der Waals surface area (Å²) >= 11 is 6.11. The summed E-state index contributed by atoms with van der Waals surface area (Å²) in [5.74, 6) is 0.0412. The van der Waals surface area contributed by atoms with Crippen LogP contribution in [0.5, 0.6) is 5.75 Å². The Morgan fingerprint density at radius 1 is 1.36 bits per heavy atom. The van der Waals surface area contributed by atoms with Crippen molar-refractivity contribution in [3.63, 3.8) is 0 Å². The molecule has 0 aliphatic heterocycles. The molecule has 1 fully saturated rings. The van der Waals surface area contributed by atoms with E-state index in [0.29, 0.717) is 40.0 Å². The van der Waals surface area contributed by atoms with Crippen LogP contribution in [0, 0.1) is 18.7 Å². The summed E-state index contributed by atoms with van der Waals surface area (Å²) in [7, 11) is 1.55. The molecule has 1 amide bonds. The normalized spacial score (nSPS) is 18.0. The van der Waals surface area contributed by atoms with Crippen molar-refractivity contribution >= 4 is 23.2 Å². The van der Waals surface area contributed by atoms with Crippen molar-refractivity contribution in [3.05, 3.63) is 58.6 Å². The lowest BCUT2D eigenvalue weighted by Crippen LogP contribution is -2.15. The smallest absolute Gasteiger partial charge is 0.228 e. The van der Waals surface area contributed by atoms with Crippen molar-refractivity contribution in [2.24, 2.45) is 5.92 Å². The number of tetrazole rings is 1. The van der Waals surface area contributed by atoms with Gasteiger partial charge in [0, 0.05) is 28.1 Å². The first-order chi connectivity index (χ1) is 13.5. The van der Waals surface area contributed by atoms with Gasteiger partial charge < -0.3 is 10.1 Å². The SMILES string of the molecule is COc1ccc(NC(=O)[C@@H]2C[C@@H]2c2c(F)cccc2Cl)cc1-n1nnnc1C. The van der Waals surface area contributed by atoms with Gasteiger partial charge in [-0.2, -0.15) is 4.68 Å². The van der Waals surface area contributed by atoms with Gasteiger partial charge in [-0.1, -0.05) is 17.7 Å². The van der Waals surface area contributed by atoms with Crippen LogP contribution in [-0.2, 0) is 4.79 Å². The molecule has 1 saturated carbocycles. The van der Waals surface area contributed by atoms with Crippen molar-refractivity contribution in [1.29, 1.82) is 0 Å². The molecule has 2 atom stereocenters. The van der Waals surface area contributed by atoms with Gasteiger partial charge in [0.05, 0.1) is 7.11 Å². The molecular formula is C19H17ClFN5O2. The van der Waals surface area contributed by atoms with Gasteiger partial charge in [-0.15, -0.1) is 5.10 Å². The van der Waals surface area contributed by atoms with Crippen LogP contribution in [0.25, 0.3) is 5.69 Å². The number of hydrogen-bond acceptors (Lipinski definition) is 5. The van der Waals surface area contributed by atoms with Gasteiger partial charge in [-0.05, 0) is 54.1 Å². The van der Waals surface area contributed by atoms with Crippen LogP contribution in [0.1, 0.15) is 23.7 Å². The molecule has 28 heavy (non-hydrogen) atoms. The standard InChI is InChI=1S/C19H17ClFN5O2/c1-10-23-24-25-26(10)16-8-11(6-7-17(16)28-2)22-19(27)13-9-12(13)18-14(20)4-3-5-15(18)21/h3-8,12-13H,9H2,1-2H3,(H,22,27)/t12-,13+/m0/s1. The molecule has 7 nitrogen and oxygen atoms in total. The first kappa shape index (κ1) is 18.4. The Hall–Kier alpha value is -3.00. The molecule has 0 unspecified atom stereocenters. The second-order valence-electron chi connectivity index (χ2n) is 6.60. The molecule has 1 aliphatic rings. The highest BCUT2D eigenvalue weighted by Crippen LogP contribution is 2.51. The number of carbonyl (C=O) groups excluding carboxylic acids is 1. The first-order valence-electron chi connectivity index (χ1n) is 8.67. The van der Waals surface area contributed by atoms with Gasteiger partial charge in [0.2, 0.25) is 5.91 Å². The molecule has 1 N–H and O–H groups in total. The Balaban J connectivity index is 1.54. The van der Waals surface area contributed by atoms with E-state index < -0.39 is 0 Å². The van der Waals surface area contributed by atoms with E-state index in [9.17, 15) is 9.18 Å². The van der Waals surface area contributed by atoms with Crippen LogP contribution in [0.2, 0.25) is 5.02 Å². The maximum atomic E-state index is 14.1. The highest BCUT2D eigenvalue weighted by atomic mass is 35.5. The van der Waals surface area contributed by atoms with Gasteiger partial charge >= 0.3 is 0 Å². The van der Waals surface area contributed by atoms with Crippen LogP contribution in [0.4, 0.5) is 10.1 Å². The van der Waals surface area contributed by atoms with Crippen LogP contribution in [0.15, 0.2) is 36.4 Å². The lowest BCUT2D eigenvalue weighted by molar-refractivity contribution is -0.117. The minimum atomic E-state index is -0.381. The number of amides is 1. The number of ether oxygens (including phenoxy) is 1. The largest absolute Gasteiger partial charge is 0.494 e. The zero-order valence-electron chi connectivity index (χ0n) is 15.2. The van der Waals surface area contributed by atoms with Gasteiger partial charge in [-0.3, -0.25) is 4.79 Å². The van der Waals surface area contributed by atoms with E-state index in [1.165, 1.54) is 10.7 Å². The number of nitrogens with one attached hydrogen (secondary N) is 1. The zero-order valence-corrected chi connectivity index (χ0v) is 15.9. The number of aromatic nitrogens is 4. The molecule has 0 spiro atoms. The molecule has 1 aliphatic carbocycles. The van der Waals surface area contributed by atoms with E-state index in [1.807, 2.05) is 0 Å². The van der Waals surface area contributed by atoms with Crippen molar-refractivity contribution < 1.29 is 13.9 Å². The summed E-state index contributed by atoms with van der Waals surface area (Å²) in [6.45, 7) is 1.76. The Morgan fingerprint density at radius 3 is 2.86 bits per heavy atom. The summed E-state index contributed by atoms with van der Waals surface area (Å²) in [5, 5.41) is 14.7. The van der Waals surface area contributed by atoms with Gasteiger partial charge in [0.1, 0.15) is 17.3 Å². The Morgan fingerprint density at radius 2 is 2.18 bits per heavy atom. The predicted octanol–water partition coefficient (Wildman–Crippen LogP) is 3.51. The van der Waals surface area contributed by atoms with E-state index >= 15 is 0 Å². The molecule has 1 aromatic heterocycles.